The van der Waals surface area contributed by atoms with E-state index in [0.29, 0.717) is 23.3 Å². The fourth-order valence-electron chi connectivity index (χ4n) is 3.04. The summed E-state index contributed by atoms with van der Waals surface area (Å²) in [5.74, 6) is 2.38. The molecule has 3 N–H and O–H groups in total. The van der Waals surface area contributed by atoms with Crippen molar-refractivity contribution in [2.24, 2.45) is 0 Å². The van der Waals surface area contributed by atoms with Crippen molar-refractivity contribution >= 4 is 22.7 Å². The van der Waals surface area contributed by atoms with Gasteiger partial charge in [0.1, 0.15) is 5.82 Å². The number of benzene rings is 1. The Balaban J connectivity index is 1.91. The van der Waals surface area contributed by atoms with Gasteiger partial charge in [0.25, 0.3) is 0 Å². The standard InChI is InChI=1S/C17H23N5O2/c1-4-5-21-6-8-22(9-7-21)17-19-13-11-15(24-3)14(23-2)10-12(13)16(18)20-17/h4,10-11H,1,5-9H2,2-3H3,(H2,18,19,20)/p+1. The summed E-state index contributed by atoms with van der Waals surface area (Å²) in [5, 5.41) is 0.771. The number of methoxy groups -OCH3 is 2. The van der Waals surface area contributed by atoms with Crippen molar-refractivity contribution in [3.8, 4) is 11.5 Å². The zero-order chi connectivity index (χ0) is 17.1. The smallest absolute Gasteiger partial charge is 0.228 e. The number of nitrogens with zero attached hydrogens (tertiary/aromatic N) is 3. The van der Waals surface area contributed by atoms with Gasteiger partial charge in [0.2, 0.25) is 5.95 Å². The van der Waals surface area contributed by atoms with E-state index < -0.39 is 0 Å². The van der Waals surface area contributed by atoms with E-state index in [1.807, 2.05) is 18.2 Å². The number of nitrogens with one attached hydrogen (secondary N) is 1. The second kappa shape index (κ2) is 6.92. The van der Waals surface area contributed by atoms with Crippen molar-refractivity contribution in [1.29, 1.82) is 0 Å². The van der Waals surface area contributed by atoms with E-state index in [0.717, 1.165) is 43.6 Å². The lowest BCUT2D eigenvalue weighted by atomic mass is 10.2. The van der Waals surface area contributed by atoms with Gasteiger partial charge >= 0.3 is 0 Å². The van der Waals surface area contributed by atoms with Gasteiger partial charge in [0.15, 0.2) is 11.5 Å². The second-order valence-electron chi connectivity index (χ2n) is 5.86. The lowest BCUT2D eigenvalue weighted by Crippen LogP contribution is -3.14. The van der Waals surface area contributed by atoms with Gasteiger partial charge < -0.3 is 25.0 Å². The van der Waals surface area contributed by atoms with Crippen LogP contribution in [0.5, 0.6) is 11.5 Å². The summed E-state index contributed by atoms with van der Waals surface area (Å²) in [5.41, 5.74) is 6.92. The Kier molecular flexibility index (Phi) is 4.71. The van der Waals surface area contributed by atoms with Crippen LogP contribution < -0.4 is 25.0 Å². The number of hydrogen-bond acceptors (Lipinski definition) is 6. The highest BCUT2D eigenvalue weighted by molar-refractivity contribution is 5.91. The summed E-state index contributed by atoms with van der Waals surface area (Å²) < 4.78 is 10.7. The van der Waals surface area contributed by atoms with Crippen molar-refractivity contribution in [3.05, 3.63) is 24.8 Å². The maximum atomic E-state index is 6.16. The maximum absolute atomic E-state index is 6.16. The van der Waals surface area contributed by atoms with E-state index in [-0.39, 0.29) is 0 Å². The Hall–Kier alpha value is -2.54. The van der Waals surface area contributed by atoms with Crippen molar-refractivity contribution in [2.75, 3.05) is 57.6 Å². The van der Waals surface area contributed by atoms with Gasteiger partial charge in [0, 0.05) is 11.5 Å². The monoisotopic (exact) mass is 330 g/mol. The summed E-state index contributed by atoms with van der Waals surface area (Å²) >= 11 is 0. The van der Waals surface area contributed by atoms with E-state index in [4.69, 9.17) is 15.2 Å². The van der Waals surface area contributed by atoms with Crippen LogP contribution in [0, 0.1) is 0 Å². The number of nitrogen functional groups attached to an aromatic ring is 1. The van der Waals surface area contributed by atoms with Gasteiger partial charge in [-0.05, 0) is 12.1 Å². The lowest BCUT2D eigenvalue weighted by molar-refractivity contribution is -0.894. The Labute approximate surface area is 141 Å². The second-order valence-corrected chi connectivity index (χ2v) is 5.86. The summed E-state index contributed by atoms with van der Waals surface area (Å²) in [6.07, 6.45) is 1.97. The van der Waals surface area contributed by atoms with Gasteiger partial charge in [-0.1, -0.05) is 6.58 Å². The molecule has 1 aromatic heterocycles. The summed E-state index contributed by atoms with van der Waals surface area (Å²) in [7, 11) is 3.21. The molecule has 24 heavy (non-hydrogen) atoms. The first-order chi connectivity index (χ1) is 11.7. The first-order valence-corrected chi connectivity index (χ1v) is 8.05. The van der Waals surface area contributed by atoms with E-state index >= 15 is 0 Å². The third kappa shape index (κ3) is 3.07. The molecule has 1 fully saturated rings. The minimum Gasteiger partial charge on any atom is -0.493 e. The number of rotatable bonds is 5. The van der Waals surface area contributed by atoms with Crippen molar-refractivity contribution in [1.82, 2.24) is 9.97 Å². The normalized spacial score (nSPS) is 15.5. The lowest BCUT2D eigenvalue weighted by Gasteiger charge is -2.31. The highest BCUT2D eigenvalue weighted by Gasteiger charge is 2.22. The largest absolute Gasteiger partial charge is 0.493 e. The van der Waals surface area contributed by atoms with Crippen LogP contribution in [0.3, 0.4) is 0 Å². The zero-order valence-corrected chi connectivity index (χ0v) is 14.2. The molecular formula is C17H24N5O2+. The molecule has 1 aromatic carbocycles. The molecule has 2 aromatic rings. The molecule has 0 spiro atoms. The molecule has 128 valence electrons. The number of hydrogen-bond donors (Lipinski definition) is 2. The quantitative estimate of drug-likeness (QED) is 0.758. The minimum atomic E-state index is 0.455. The molecule has 0 aliphatic carbocycles. The van der Waals surface area contributed by atoms with Gasteiger partial charge in [-0.25, -0.2) is 4.98 Å². The molecule has 0 unspecified atom stereocenters. The highest BCUT2D eigenvalue weighted by Crippen LogP contribution is 2.34. The molecule has 2 heterocycles. The average molecular weight is 330 g/mol. The van der Waals surface area contributed by atoms with Gasteiger partial charge in [0.05, 0.1) is 52.5 Å². The fourth-order valence-corrected chi connectivity index (χ4v) is 3.04. The predicted octanol–water partition coefficient (Wildman–Crippen LogP) is 0.120. The van der Waals surface area contributed by atoms with Crippen LogP contribution in [-0.4, -0.2) is 56.9 Å². The van der Waals surface area contributed by atoms with E-state index in [1.165, 1.54) is 4.90 Å². The van der Waals surface area contributed by atoms with Crippen LogP contribution in [0.2, 0.25) is 0 Å². The van der Waals surface area contributed by atoms with E-state index in [2.05, 4.69) is 21.4 Å². The molecular weight excluding hydrogens is 306 g/mol. The summed E-state index contributed by atoms with van der Waals surface area (Å²) in [6, 6.07) is 3.66. The van der Waals surface area contributed by atoms with Crippen LogP contribution in [0.25, 0.3) is 10.9 Å². The number of quaternary nitrogens is 1. The van der Waals surface area contributed by atoms with Gasteiger partial charge in [-0.15, -0.1) is 0 Å². The van der Waals surface area contributed by atoms with Crippen molar-refractivity contribution in [2.45, 2.75) is 0 Å². The molecule has 0 bridgehead atoms. The molecule has 0 amide bonds. The van der Waals surface area contributed by atoms with Crippen LogP contribution in [0.15, 0.2) is 24.8 Å². The Morgan fingerprint density at radius 2 is 1.88 bits per heavy atom. The maximum Gasteiger partial charge on any atom is 0.228 e. The number of aromatic nitrogens is 2. The van der Waals surface area contributed by atoms with E-state index in [1.54, 1.807) is 14.2 Å². The predicted molar refractivity (Wildman–Crippen MR) is 95.0 cm³/mol. The van der Waals surface area contributed by atoms with E-state index in [9.17, 15) is 0 Å². The molecule has 0 saturated carbocycles. The molecule has 7 nitrogen and oxygen atoms in total. The topological polar surface area (TPSA) is 77.9 Å². The third-order valence-corrected chi connectivity index (χ3v) is 4.41. The first kappa shape index (κ1) is 16.3. The zero-order valence-electron chi connectivity index (χ0n) is 14.2. The Morgan fingerprint density at radius 1 is 1.21 bits per heavy atom. The highest BCUT2D eigenvalue weighted by atomic mass is 16.5. The molecule has 0 radical (unpaired) electrons. The number of nitrogens with two attached hydrogens (primary N) is 1. The first-order valence-electron chi connectivity index (χ1n) is 8.05. The van der Waals surface area contributed by atoms with Gasteiger partial charge in [-0.2, -0.15) is 4.98 Å². The van der Waals surface area contributed by atoms with Crippen LogP contribution in [0.4, 0.5) is 11.8 Å². The van der Waals surface area contributed by atoms with Crippen molar-refractivity contribution < 1.29 is 14.4 Å². The molecule has 1 saturated heterocycles. The summed E-state index contributed by atoms with van der Waals surface area (Å²) in [6.45, 7) is 8.69. The van der Waals surface area contributed by atoms with Crippen LogP contribution in [-0.2, 0) is 0 Å². The number of piperazine rings is 1. The molecule has 7 heteroatoms. The van der Waals surface area contributed by atoms with Gasteiger partial charge in [-0.3, -0.25) is 0 Å². The van der Waals surface area contributed by atoms with Crippen LogP contribution in [0.1, 0.15) is 0 Å². The fraction of sp³-hybridized carbons (Fsp3) is 0.412. The SMILES string of the molecule is C=CC[NH+]1CCN(c2nc(N)c3cc(OC)c(OC)cc3n2)CC1. The number of fused-ring (bicyclic) bond motifs is 1. The van der Waals surface area contributed by atoms with Crippen molar-refractivity contribution in [3.63, 3.8) is 0 Å². The Morgan fingerprint density at radius 3 is 2.50 bits per heavy atom. The average Bonchev–Trinajstić information content (AvgIpc) is 2.61. The molecule has 3 rings (SSSR count). The summed E-state index contributed by atoms with van der Waals surface area (Å²) in [4.78, 5) is 12.9. The number of ether oxygens (including phenoxy) is 2. The molecule has 0 atom stereocenters. The third-order valence-electron chi connectivity index (χ3n) is 4.41. The molecule has 1 aliphatic heterocycles. The van der Waals surface area contributed by atoms with Crippen LogP contribution >= 0.6 is 0 Å². The Bertz CT molecular complexity index is 741. The minimum absolute atomic E-state index is 0.455. The molecule has 1 aliphatic rings. The number of anilines is 2.